The summed E-state index contributed by atoms with van der Waals surface area (Å²) in [7, 11) is 0. The first-order chi connectivity index (χ1) is 11.8. The quantitative estimate of drug-likeness (QED) is 0.384. The van der Waals surface area contributed by atoms with Gasteiger partial charge in [0.1, 0.15) is 11.3 Å². The summed E-state index contributed by atoms with van der Waals surface area (Å²) in [5.41, 5.74) is 1.72. The van der Waals surface area contributed by atoms with Crippen molar-refractivity contribution in [3.63, 3.8) is 0 Å². The molecule has 2 heterocycles. The molecule has 126 valence electrons. The van der Waals surface area contributed by atoms with Gasteiger partial charge in [0, 0.05) is 49.4 Å². The molecule has 0 amide bonds. The Labute approximate surface area is 174 Å². The van der Waals surface area contributed by atoms with Crippen molar-refractivity contribution in [2.45, 2.75) is 0 Å². The van der Waals surface area contributed by atoms with E-state index in [0.29, 0.717) is 5.52 Å². The Balaban J connectivity index is 0.000000210. The number of phenols is 1. The van der Waals surface area contributed by atoms with Crippen LogP contribution in [0.25, 0.3) is 21.8 Å². The molecule has 7 heteroatoms. The van der Waals surface area contributed by atoms with Gasteiger partial charge in [-0.15, -0.1) is 0 Å². The number of fused-ring (bicyclic) bond motifs is 2. The number of nitrogens with zero attached hydrogens (tertiary/aromatic N) is 2. The zero-order valence-electron chi connectivity index (χ0n) is 13.0. The Hall–Kier alpha value is -1.52. The summed E-state index contributed by atoms with van der Waals surface area (Å²) in [6.45, 7) is 0. The fourth-order valence-corrected chi connectivity index (χ4v) is 2.10. The molecule has 2 aromatic heterocycles. The molecule has 0 aliphatic heterocycles. The fraction of sp³-hybridized carbons (Fsp3) is 0. The first-order valence-corrected chi connectivity index (χ1v) is 7.60. The van der Waals surface area contributed by atoms with E-state index in [2.05, 4.69) is 49.7 Å². The Morgan fingerprint density at radius 3 is 1.96 bits per heavy atom. The van der Waals surface area contributed by atoms with Crippen LogP contribution in [0, 0.1) is 0 Å². The number of aromatic nitrogens is 2. The maximum absolute atomic E-state index is 9.31. The number of aromatic hydroxyl groups is 1. The number of halogens is 2. The van der Waals surface area contributed by atoms with Crippen LogP contribution in [0.5, 0.6) is 5.75 Å². The topological polar surface area (TPSA) is 55.2 Å². The van der Waals surface area contributed by atoms with Crippen LogP contribution in [0.4, 0.5) is 0 Å². The normalized spacial score (nSPS) is 9.20. The molecular weight excluding hydrogens is 438 g/mol. The van der Waals surface area contributed by atoms with E-state index in [1.165, 1.54) is 5.39 Å². The van der Waals surface area contributed by atoms with Crippen LogP contribution < -0.4 is 0 Å². The number of para-hydroxylation sites is 2. The van der Waals surface area contributed by atoms with Crippen molar-refractivity contribution in [3.05, 3.63) is 79.1 Å². The number of hydrogen-bond donors (Lipinski definition) is 1. The molecule has 0 aliphatic carbocycles. The maximum atomic E-state index is 9.31. The third kappa shape index (κ3) is 6.71. The second-order valence-electron chi connectivity index (χ2n) is 4.61. The first kappa shape index (κ1) is 21.5. The molecule has 4 nitrogen and oxygen atoms in total. The van der Waals surface area contributed by atoms with Gasteiger partial charge in [0.05, 0.1) is 29.2 Å². The summed E-state index contributed by atoms with van der Waals surface area (Å²) >= 11 is 8.53. The van der Waals surface area contributed by atoms with Gasteiger partial charge < -0.3 is 5.11 Å². The Bertz CT molecular complexity index is 839. The smallest absolute Gasteiger partial charge is 0.141 e. The zero-order valence-corrected chi connectivity index (χ0v) is 17.0. The van der Waals surface area contributed by atoms with Crippen molar-refractivity contribution in [1.82, 2.24) is 9.97 Å². The van der Waals surface area contributed by atoms with Gasteiger partial charge in [-0.1, -0.05) is 42.5 Å². The average molecular weight is 452 g/mol. The molecule has 25 heavy (non-hydrogen) atoms. The van der Waals surface area contributed by atoms with E-state index < -0.39 is 0 Å². The molecule has 0 saturated heterocycles. The number of phenolic OH excluding ortho intramolecular Hbond substituents is 1. The van der Waals surface area contributed by atoms with Crippen LogP contribution in [0.15, 0.2) is 79.1 Å². The molecule has 0 fully saturated rings. The molecule has 0 unspecified atom stereocenters. The second-order valence-corrected chi connectivity index (χ2v) is 5.07. The van der Waals surface area contributed by atoms with Crippen molar-refractivity contribution in [3.8, 4) is 5.75 Å². The van der Waals surface area contributed by atoms with Crippen LogP contribution in [0.3, 0.4) is 0 Å². The van der Waals surface area contributed by atoms with Gasteiger partial charge in [0.25, 0.3) is 0 Å². The van der Waals surface area contributed by atoms with Crippen molar-refractivity contribution in [1.29, 1.82) is 0 Å². The molecule has 0 saturated carbocycles. The SMILES string of the molecule is ClOCl.Oc1cccc2cccnc12.[Zr].c1ccc2ncccc2c1. The summed E-state index contributed by atoms with van der Waals surface area (Å²) in [6.07, 6.45) is 3.48. The standard InChI is InChI=1S/C9H7NO.C9H7N.Cl2O.Zr/c11-8-5-1-3-7-4-2-6-10-9(7)8;1-2-6-9-8(4-1)5-3-7-10-9;1-3-2;/h1-6,11H;1-7H;;. The van der Waals surface area contributed by atoms with Crippen molar-refractivity contribution < 1.29 is 35.2 Å². The summed E-state index contributed by atoms with van der Waals surface area (Å²) in [5.74, 6) is 0.239. The predicted molar refractivity (Wildman–Crippen MR) is 97.9 cm³/mol. The van der Waals surface area contributed by atoms with Crippen molar-refractivity contribution >= 4 is 45.5 Å². The van der Waals surface area contributed by atoms with E-state index in [0.717, 1.165) is 10.9 Å². The van der Waals surface area contributed by atoms with Crippen LogP contribution >= 0.6 is 23.7 Å². The van der Waals surface area contributed by atoms with Gasteiger partial charge in [-0.05, 0) is 24.3 Å². The second kappa shape index (κ2) is 11.9. The van der Waals surface area contributed by atoms with Gasteiger partial charge in [-0.3, -0.25) is 9.97 Å². The molecule has 0 atom stereocenters. The van der Waals surface area contributed by atoms with Gasteiger partial charge >= 0.3 is 0 Å². The van der Waals surface area contributed by atoms with Crippen LogP contribution in [-0.2, 0) is 30.0 Å². The molecule has 2 aromatic carbocycles. The first-order valence-electron chi connectivity index (χ1n) is 6.98. The monoisotopic (exact) mass is 450 g/mol. The van der Waals surface area contributed by atoms with E-state index in [1.54, 1.807) is 18.3 Å². The van der Waals surface area contributed by atoms with Gasteiger partial charge in [0.2, 0.25) is 0 Å². The van der Waals surface area contributed by atoms with Gasteiger partial charge in [0.15, 0.2) is 0 Å². The molecule has 4 rings (SSSR count). The predicted octanol–water partition coefficient (Wildman–Crippen LogP) is 5.48. The Morgan fingerprint density at radius 1 is 0.720 bits per heavy atom. The number of pyridine rings is 2. The summed E-state index contributed by atoms with van der Waals surface area (Å²) in [5, 5.41) is 11.5. The average Bonchev–Trinajstić information content (AvgIpc) is 2.64. The minimum atomic E-state index is 0. The summed E-state index contributed by atoms with van der Waals surface area (Å²) < 4.78 is 3.19. The van der Waals surface area contributed by atoms with Gasteiger partial charge in [-0.25, -0.2) is 0 Å². The van der Waals surface area contributed by atoms with E-state index in [1.807, 2.05) is 48.7 Å². The number of rotatable bonds is 0. The Morgan fingerprint density at radius 2 is 1.28 bits per heavy atom. The molecular formula is C18H14Cl2N2O2Zr. The summed E-state index contributed by atoms with van der Waals surface area (Å²) in [4.78, 5) is 8.21. The molecule has 4 aromatic rings. The zero-order chi connectivity index (χ0) is 17.2. The van der Waals surface area contributed by atoms with E-state index in [-0.39, 0.29) is 32.0 Å². The van der Waals surface area contributed by atoms with Crippen LogP contribution in [0.2, 0.25) is 0 Å². The minimum Gasteiger partial charge on any atom is -0.506 e. The number of benzene rings is 2. The molecule has 0 radical (unpaired) electrons. The van der Waals surface area contributed by atoms with Crippen LogP contribution in [-0.4, -0.2) is 15.1 Å². The third-order valence-electron chi connectivity index (χ3n) is 3.12. The third-order valence-corrected chi connectivity index (χ3v) is 3.12. The van der Waals surface area contributed by atoms with Crippen LogP contribution in [0.1, 0.15) is 0 Å². The molecule has 0 bridgehead atoms. The number of hydrogen-bond acceptors (Lipinski definition) is 4. The van der Waals surface area contributed by atoms with E-state index in [4.69, 9.17) is 0 Å². The fourth-order valence-electron chi connectivity index (χ4n) is 2.10. The van der Waals surface area contributed by atoms with E-state index >= 15 is 0 Å². The van der Waals surface area contributed by atoms with Crippen molar-refractivity contribution in [2.24, 2.45) is 0 Å². The molecule has 0 aliphatic rings. The molecule has 0 spiro atoms. The molecule has 1 N–H and O–H groups in total. The van der Waals surface area contributed by atoms with Crippen molar-refractivity contribution in [2.75, 3.05) is 0 Å². The summed E-state index contributed by atoms with van der Waals surface area (Å²) in [6, 6.07) is 21.2. The Kier molecular flexibility index (Phi) is 10.3. The maximum Gasteiger partial charge on any atom is 0.141 e. The minimum absolute atomic E-state index is 0. The largest absolute Gasteiger partial charge is 0.506 e. The van der Waals surface area contributed by atoms with E-state index in [9.17, 15) is 5.11 Å². The van der Waals surface area contributed by atoms with Gasteiger partial charge in [-0.2, -0.15) is 3.84 Å².